The monoisotopic (exact) mass is 381 g/mol. The van der Waals surface area contributed by atoms with E-state index in [1.165, 1.54) is 30.1 Å². The molecular weight excluding hydrogens is 363 g/mol. The predicted molar refractivity (Wildman–Crippen MR) is 90.5 cm³/mol. The van der Waals surface area contributed by atoms with Crippen molar-refractivity contribution in [2.45, 2.75) is 32.0 Å². The molecule has 27 heavy (non-hydrogen) atoms. The molecule has 0 saturated carbocycles. The average molecular weight is 381 g/mol. The molecule has 0 spiro atoms. The molecule has 3 rings (SSSR count). The van der Waals surface area contributed by atoms with Crippen LogP contribution in [0.15, 0.2) is 48.5 Å². The van der Waals surface area contributed by atoms with Crippen LogP contribution in [0.3, 0.4) is 0 Å². The molecule has 1 heterocycles. The Morgan fingerprint density at radius 1 is 1.07 bits per heavy atom. The lowest BCUT2D eigenvalue weighted by molar-refractivity contribution is -0.275. The van der Waals surface area contributed by atoms with Gasteiger partial charge in [-0.15, -0.1) is 13.2 Å². The van der Waals surface area contributed by atoms with Crippen LogP contribution in [-0.4, -0.2) is 36.4 Å². The zero-order valence-electron chi connectivity index (χ0n) is 14.7. The Balaban J connectivity index is 1.74. The highest BCUT2D eigenvalue weighted by Crippen LogP contribution is 2.34. The molecule has 0 saturated heterocycles. The van der Waals surface area contributed by atoms with Crippen molar-refractivity contribution in [2.75, 3.05) is 7.05 Å². The molecule has 0 aliphatic carbocycles. The Hall–Kier alpha value is -2.90. The third-order valence-corrected chi connectivity index (χ3v) is 4.07. The van der Waals surface area contributed by atoms with Gasteiger partial charge in [-0.25, -0.2) is 0 Å². The zero-order chi connectivity index (χ0) is 19.6. The van der Waals surface area contributed by atoms with E-state index in [1.54, 1.807) is 37.3 Å². The highest BCUT2D eigenvalue weighted by atomic mass is 19.4. The van der Waals surface area contributed by atoms with Crippen molar-refractivity contribution < 1.29 is 32.2 Å². The number of rotatable bonds is 4. The molecule has 5 nitrogen and oxygen atoms in total. The number of halogens is 3. The van der Waals surface area contributed by atoms with Crippen molar-refractivity contribution in [1.29, 1.82) is 0 Å². The third kappa shape index (κ3) is 4.45. The number of amides is 1. The molecule has 0 unspecified atom stereocenters. The highest BCUT2D eigenvalue weighted by Gasteiger charge is 2.36. The second kappa shape index (κ2) is 7.38. The number of carbonyl (C=O) groups is 1. The Morgan fingerprint density at radius 2 is 1.67 bits per heavy atom. The summed E-state index contributed by atoms with van der Waals surface area (Å²) in [4.78, 5) is 14.1. The first-order valence-electron chi connectivity index (χ1n) is 8.25. The lowest BCUT2D eigenvalue weighted by Gasteiger charge is -2.33. The molecule has 144 valence electrons. The van der Waals surface area contributed by atoms with E-state index in [4.69, 9.17) is 9.47 Å². The minimum absolute atomic E-state index is 0.0701. The summed E-state index contributed by atoms with van der Waals surface area (Å²) in [6, 6.07) is 12.7. The summed E-state index contributed by atoms with van der Waals surface area (Å²) < 4.78 is 53.2. The van der Waals surface area contributed by atoms with Crippen molar-refractivity contribution in [2.24, 2.45) is 0 Å². The van der Waals surface area contributed by atoms with E-state index in [0.717, 1.165) is 0 Å². The van der Waals surface area contributed by atoms with Gasteiger partial charge >= 0.3 is 6.36 Å². The van der Waals surface area contributed by atoms with E-state index in [-0.39, 0.29) is 17.9 Å². The normalized spacial score (nSPS) is 18.7. The standard InChI is InChI=1S/C19H18F3NO4/c1-12-17(26-16-10-6-5-9-15(16)25-12)18(24)23(2)11-13-7-3-4-8-14(13)27-19(20,21)22/h3-10,12,17H,11H2,1-2H3/t12-,17-/m0/s1. The maximum absolute atomic E-state index is 12.8. The molecular formula is C19H18F3NO4. The summed E-state index contributed by atoms with van der Waals surface area (Å²) >= 11 is 0. The van der Waals surface area contributed by atoms with Crippen molar-refractivity contribution in [3.8, 4) is 17.2 Å². The van der Waals surface area contributed by atoms with E-state index in [9.17, 15) is 18.0 Å². The number of carbonyl (C=O) groups excluding carboxylic acids is 1. The Morgan fingerprint density at radius 3 is 2.33 bits per heavy atom. The van der Waals surface area contributed by atoms with Crippen LogP contribution in [0.5, 0.6) is 17.2 Å². The Bertz CT molecular complexity index is 825. The van der Waals surface area contributed by atoms with Crippen molar-refractivity contribution in [1.82, 2.24) is 4.90 Å². The number of benzene rings is 2. The predicted octanol–water partition coefficient (Wildman–Crippen LogP) is 3.77. The average Bonchev–Trinajstić information content (AvgIpc) is 2.61. The molecule has 0 radical (unpaired) electrons. The van der Waals surface area contributed by atoms with E-state index in [2.05, 4.69) is 4.74 Å². The van der Waals surface area contributed by atoms with Crippen molar-refractivity contribution in [3.05, 3.63) is 54.1 Å². The van der Waals surface area contributed by atoms with Crippen LogP contribution in [0, 0.1) is 0 Å². The van der Waals surface area contributed by atoms with E-state index in [0.29, 0.717) is 11.5 Å². The second-order valence-corrected chi connectivity index (χ2v) is 6.16. The summed E-state index contributed by atoms with van der Waals surface area (Å²) in [5.74, 6) is 0.242. The van der Waals surface area contributed by atoms with Gasteiger partial charge in [0.15, 0.2) is 11.5 Å². The van der Waals surface area contributed by atoms with Crippen LogP contribution < -0.4 is 14.2 Å². The highest BCUT2D eigenvalue weighted by molar-refractivity contribution is 5.82. The van der Waals surface area contributed by atoms with Crippen LogP contribution >= 0.6 is 0 Å². The fraction of sp³-hybridized carbons (Fsp3) is 0.316. The Kier molecular flexibility index (Phi) is 5.16. The number of hydrogen-bond acceptors (Lipinski definition) is 4. The van der Waals surface area contributed by atoms with E-state index in [1.807, 2.05) is 0 Å². The lowest BCUT2D eigenvalue weighted by atomic mass is 10.1. The fourth-order valence-electron chi connectivity index (χ4n) is 2.80. The summed E-state index contributed by atoms with van der Waals surface area (Å²) in [6.45, 7) is 1.63. The molecule has 8 heteroatoms. The largest absolute Gasteiger partial charge is 0.573 e. The molecule has 1 amide bonds. The van der Waals surface area contributed by atoms with Crippen LogP contribution in [0.1, 0.15) is 12.5 Å². The van der Waals surface area contributed by atoms with Crippen molar-refractivity contribution >= 4 is 5.91 Å². The van der Waals surface area contributed by atoms with Gasteiger partial charge in [0, 0.05) is 19.2 Å². The fourth-order valence-corrected chi connectivity index (χ4v) is 2.80. The first kappa shape index (κ1) is 18.9. The molecule has 0 bridgehead atoms. The maximum atomic E-state index is 12.8. The van der Waals surface area contributed by atoms with Gasteiger partial charge < -0.3 is 19.1 Å². The van der Waals surface area contributed by atoms with Crippen LogP contribution in [0.2, 0.25) is 0 Å². The molecule has 1 aliphatic heterocycles. The number of hydrogen-bond donors (Lipinski definition) is 0. The summed E-state index contributed by atoms with van der Waals surface area (Å²) in [6.07, 6.45) is -6.26. The molecule has 2 aromatic rings. The van der Waals surface area contributed by atoms with Gasteiger partial charge in [0.05, 0.1) is 0 Å². The first-order chi connectivity index (χ1) is 12.7. The van der Waals surface area contributed by atoms with Gasteiger partial charge in [0.1, 0.15) is 11.9 Å². The molecule has 1 aliphatic rings. The van der Waals surface area contributed by atoms with Crippen molar-refractivity contribution in [3.63, 3.8) is 0 Å². The molecule has 2 atom stereocenters. The van der Waals surface area contributed by atoms with E-state index < -0.39 is 24.5 Å². The molecule has 0 fully saturated rings. The van der Waals surface area contributed by atoms with Crippen LogP contribution in [0.4, 0.5) is 13.2 Å². The molecule has 0 N–H and O–H groups in total. The van der Waals surface area contributed by atoms with Gasteiger partial charge in [-0.2, -0.15) is 0 Å². The topological polar surface area (TPSA) is 48.0 Å². The maximum Gasteiger partial charge on any atom is 0.573 e. The third-order valence-electron chi connectivity index (χ3n) is 4.07. The van der Waals surface area contributed by atoms with Gasteiger partial charge in [-0.05, 0) is 25.1 Å². The molecule has 0 aromatic heterocycles. The summed E-state index contributed by atoms with van der Waals surface area (Å²) in [5.41, 5.74) is 0.232. The number of ether oxygens (including phenoxy) is 3. The number of nitrogens with zero attached hydrogens (tertiary/aromatic N) is 1. The summed E-state index contributed by atoms with van der Waals surface area (Å²) in [7, 11) is 1.49. The minimum atomic E-state index is -4.81. The molecule has 2 aromatic carbocycles. The smallest absolute Gasteiger partial charge is 0.482 e. The summed E-state index contributed by atoms with van der Waals surface area (Å²) in [5, 5.41) is 0. The van der Waals surface area contributed by atoms with E-state index >= 15 is 0 Å². The first-order valence-corrected chi connectivity index (χ1v) is 8.25. The number of likely N-dealkylation sites (N-methyl/N-ethyl adjacent to an activating group) is 1. The SMILES string of the molecule is C[C@@H]1Oc2ccccc2O[C@@H]1C(=O)N(C)Cc1ccccc1OC(F)(F)F. The van der Waals surface area contributed by atoms with Gasteiger partial charge in [-0.3, -0.25) is 4.79 Å². The quantitative estimate of drug-likeness (QED) is 0.809. The van der Waals surface area contributed by atoms with Gasteiger partial charge in [-0.1, -0.05) is 30.3 Å². The van der Waals surface area contributed by atoms with Crippen LogP contribution in [0.25, 0.3) is 0 Å². The number of para-hydroxylation sites is 3. The van der Waals surface area contributed by atoms with Gasteiger partial charge in [0.2, 0.25) is 6.10 Å². The lowest BCUT2D eigenvalue weighted by Crippen LogP contribution is -2.49. The number of alkyl halides is 3. The van der Waals surface area contributed by atoms with Gasteiger partial charge in [0.25, 0.3) is 5.91 Å². The second-order valence-electron chi connectivity index (χ2n) is 6.16. The number of fused-ring (bicyclic) bond motifs is 1. The minimum Gasteiger partial charge on any atom is -0.482 e. The van der Waals surface area contributed by atoms with Crippen LogP contribution in [-0.2, 0) is 11.3 Å². The Labute approximate surface area is 154 Å². The zero-order valence-corrected chi connectivity index (χ0v) is 14.7.